The Morgan fingerprint density at radius 2 is 2.06 bits per heavy atom. The molecule has 2 rings (SSSR count). The van der Waals surface area contributed by atoms with Crippen molar-refractivity contribution < 1.29 is 9.53 Å². The number of benzene rings is 1. The standard InChI is InChI=1S/C15H20O2/c1-3-14(12-7-5-4-6-8-12)15(16)17-10-13-9-11(13)2/h4-8,11,13-14H,3,9-10H2,1-2H3. The zero-order valence-corrected chi connectivity index (χ0v) is 10.6. The van der Waals surface area contributed by atoms with Crippen molar-refractivity contribution in [2.45, 2.75) is 32.6 Å². The van der Waals surface area contributed by atoms with E-state index in [1.165, 1.54) is 6.42 Å². The van der Waals surface area contributed by atoms with Gasteiger partial charge in [-0.15, -0.1) is 0 Å². The Bertz CT molecular complexity index is 372. The average molecular weight is 232 g/mol. The van der Waals surface area contributed by atoms with Crippen LogP contribution in [0.4, 0.5) is 0 Å². The van der Waals surface area contributed by atoms with Crippen LogP contribution in [0.2, 0.25) is 0 Å². The molecule has 0 N–H and O–H groups in total. The van der Waals surface area contributed by atoms with Gasteiger partial charge in [0, 0.05) is 0 Å². The van der Waals surface area contributed by atoms with Crippen molar-refractivity contribution in [1.29, 1.82) is 0 Å². The summed E-state index contributed by atoms with van der Waals surface area (Å²) in [6, 6.07) is 9.89. The SMILES string of the molecule is CCC(C(=O)OCC1CC1C)c1ccccc1. The summed E-state index contributed by atoms with van der Waals surface area (Å²) in [5.74, 6) is 1.16. The number of carbonyl (C=O) groups is 1. The quantitative estimate of drug-likeness (QED) is 0.727. The van der Waals surface area contributed by atoms with Gasteiger partial charge in [0.1, 0.15) is 0 Å². The summed E-state index contributed by atoms with van der Waals surface area (Å²) < 4.78 is 5.40. The number of hydrogen-bond acceptors (Lipinski definition) is 2. The third kappa shape index (κ3) is 3.09. The highest BCUT2D eigenvalue weighted by Gasteiger charge is 2.34. The molecule has 1 fully saturated rings. The van der Waals surface area contributed by atoms with Crippen molar-refractivity contribution in [2.75, 3.05) is 6.61 Å². The second kappa shape index (κ2) is 5.35. The van der Waals surface area contributed by atoms with Gasteiger partial charge in [0.25, 0.3) is 0 Å². The third-order valence-electron chi connectivity index (χ3n) is 3.61. The van der Waals surface area contributed by atoms with Crippen molar-refractivity contribution in [3.05, 3.63) is 35.9 Å². The maximum atomic E-state index is 12.0. The zero-order chi connectivity index (χ0) is 12.3. The molecule has 3 unspecified atom stereocenters. The first-order chi connectivity index (χ1) is 8.22. The summed E-state index contributed by atoms with van der Waals surface area (Å²) in [5, 5.41) is 0. The predicted molar refractivity (Wildman–Crippen MR) is 67.7 cm³/mol. The van der Waals surface area contributed by atoms with Gasteiger partial charge in [0.2, 0.25) is 0 Å². The van der Waals surface area contributed by atoms with Crippen LogP contribution in [-0.4, -0.2) is 12.6 Å². The van der Waals surface area contributed by atoms with Crippen LogP contribution in [0.5, 0.6) is 0 Å². The fourth-order valence-corrected chi connectivity index (χ4v) is 2.14. The number of ether oxygens (including phenoxy) is 1. The van der Waals surface area contributed by atoms with E-state index in [4.69, 9.17) is 4.74 Å². The summed E-state index contributed by atoms with van der Waals surface area (Å²) in [7, 11) is 0. The van der Waals surface area contributed by atoms with E-state index in [-0.39, 0.29) is 11.9 Å². The van der Waals surface area contributed by atoms with E-state index in [1.54, 1.807) is 0 Å². The Morgan fingerprint density at radius 1 is 1.41 bits per heavy atom. The molecule has 0 spiro atoms. The van der Waals surface area contributed by atoms with Crippen LogP contribution in [0.3, 0.4) is 0 Å². The van der Waals surface area contributed by atoms with E-state index in [2.05, 4.69) is 6.92 Å². The molecule has 1 saturated carbocycles. The topological polar surface area (TPSA) is 26.3 Å². The van der Waals surface area contributed by atoms with Gasteiger partial charge < -0.3 is 4.74 Å². The summed E-state index contributed by atoms with van der Waals surface area (Å²) in [6.07, 6.45) is 2.00. The molecule has 1 aliphatic carbocycles. The minimum Gasteiger partial charge on any atom is -0.465 e. The van der Waals surface area contributed by atoms with E-state index >= 15 is 0 Å². The Hall–Kier alpha value is -1.31. The van der Waals surface area contributed by atoms with E-state index in [1.807, 2.05) is 37.3 Å². The van der Waals surface area contributed by atoms with Crippen LogP contribution in [0.1, 0.15) is 38.2 Å². The predicted octanol–water partition coefficient (Wildman–Crippen LogP) is 3.38. The molecular weight excluding hydrogens is 212 g/mol. The molecule has 0 bridgehead atoms. The molecule has 2 nitrogen and oxygen atoms in total. The Kier molecular flexibility index (Phi) is 3.82. The van der Waals surface area contributed by atoms with E-state index < -0.39 is 0 Å². The number of hydrogen-bond donors (Lipinski definition) is 0. The Labute approximate surface area is 103 Å². The second-order valence-electron chi connectivity index (χ2n) is 4.97. The van der Waals surface area contributed by atoms with Crippen molar-refractivity contribution in [3.63, 3.8) is 0 Å². The van der Waals surface area contributed by atoms with E-state index in [0.29, 0.717) is 12.5 Å². The van der Waals surface area contributed by atoms with Crippen LogP contribution in [-0.2, 0) is 9.53 Å². The monoisotopic (exact) mass is 232 g/mol. The lowest BCUT2D eigenvalue weighted by Crippen LogP contribution is -2.16. The highest BCUT2D eigenvalue weighted by atomic mass is 16.5. The molecule has 1 aromatic rings. The molecular formula is C15H20O2. The maximum Gasteiger partial charge on any atom is 0.313 e. The van der Waals surface area contributed by atoms with Crippen LogP contribution in [0, 0.1) is 11.8 Å². The second-order valence-corrected chi connectivity index (χ2v) is 4.97. The molecule has 92 valence electrons. The molecule has 1 aliphatic rings. The first kappa shape index (κ1) is 12.2. The Morgan fingerprint density at radius 3 is 2.59 bits per heavy atom. The lowest BCUT2D eigenvalue weighted by molar-refractivity contribution is -0.146. The van der Waals surface area contributed by atoms with Gasteiger partial charge in [-0.2, -0.15) is 0 Å². The van der Waals surface area contributed by atoms with Crippen LogP contribution in [0.15, 0.2) is 30.3 Å². The van der Waals surface area contributed by atoms with Gasteiger partial charge in [0.15, 0.2) is 0 Å². The van der Waals surface area contributed by atoms with Gasteiger partial charge in [-0.1, -0.05) is 44.2 Å². The van der Waals surface area contributed by atoms with Gasteiger partial charge in [-0.25, -0.2) is 0 Å². The van der Waals surface area contributed by atoms with Gasteiger partial charge in [-0.05, 0) is 30.2 Å². The molecule has 0 aliphatic heterocycles. The molecule has 3 atom stereocenters. The number of rotatable bonds is 5. The molecule has 0 heterocycles. The van der Waals surface area contributed by atoms with E-state index in [9.17, 15) is 4.79 Å². The maximum absolute atomic E-state index is 12.0. The normalized spacial score (nSPS) is 24.1. The largest absolute Gasteiger partial charge is 0.465 e. The molecule has 17 heavy (non-hydrogen) atoms. The molecule has 0 aromatic heterocycles. The van der Waals surface area contributed by atoms with Gasteiger partial charge in [-0.3, -0.25) is 4.79 Å². The number of esters is 1. The summed E-state index contributed by atoms with van der Waals surface area (Å²) in [6.45, 7) is 4.83. The van der Waals surface area contributed by atoms with Crippen molar-refractivity contribution >= 4 is 5.97 Å². The number of carbonyl (C=O) groups excluding carboxylic acids is 1. The summed E-state index contributed by atoms with van der Waals surface area (Å²) in [4.78, 5) is 12.0. The first-order valence-electron chi connectivity index (χ1n) is 6.44. The van der Waals surface area contributed by atoms with Crippen LogP contribution in [0.25, 0.3) is 0 Å². The highest BCUT2D eigenvalue weighted by molar-refractivity contribution is 5.78. The van der Waals surface area contributed by atoms with Crippen molar-refractivity contribution in [1.82, 2.24) is 0 Å². The van der Waals surface area contributed by atoms with Crippen LogP contribution >= 0.6 is 0 Å². The zero-order valence-electron chi connectivity index (χ0n) is 10.6. The van der Waals surface area contributed by atoms with Gasteiger partial charge >= 0.3 is 5.97 Å². The lowest BCUT2D eigenvalue weighted by Gasteiger charge is -2.14. The minimum atomic E-state index is -0.106. The van der Waals surface area contributed by atoms with Gasteiger partial charge in [0.05, 0.1) is 12.5 Å². The minimum absolute atomic E-state index is 0.0715. The first-order valence-corrected chi connectivity index (χ1v) is 6.44. The van der Waals surface area contributed by atoms with Crippen LogP contribution < -0.4 is 0 Å². The highest BCUT2D eigenvalue weighted by Crippen LogP contribution is 2.38. The smallest absolute Gasteiger partial charge is 0.313 e. The Balaban J connectivity index is 1.91. The molecule has 2 heteroatoms. The molecule has 0 radical (unpaired) electrons. The fraction of sp³-hybridized carbons (Fsp3) is 0.533. The van der Waals surface area contributed by atoms with E-state index in [0.717, 1.165) is 17.9 Å². The molecule has 0 saturated heterocycles. The summed E-state index contributed by atoms with van der Waals surface area (Å²) in [5.41, 5.74) is 1.06. The average Bonchev–Trinajstić information content (AvgIpc) is 3.05. The summed E-state index contributed by atoms with van der Waals surface area (Å²) >= 11 is 0. The van der Waals surface area contributed by atoms with Crippen molar-refractivity contribution in [2.24, 2.45) is 11.8 Å². The fourth-order valence-electron chi connectivity index (χ4n) is 2.14. The third-order valence-corrected chi connectivity index (χ3v) is 3.61. The molecule has 0 amide bonds. The molecule has 1 aromatic carbocycles. The van der Waals surface area contributed by atoms with Crippen molar-refractivity contribution in [3.8, 4) is 0 Å². The lowest BCUT2D eigenvalue weighted by atomic mass is 9.97.